The van der Waals surface area contributed by atoms with Crippen LogP contribution in [0.4, 0.5) is 0 Å². The zero-order valence-electron chi connectivity index (χ0n) is 8.18. The summed E-state index contributed by atoms with van der Waals surface area (Å²) in [5, 5.41) is 3.83. The van der Waals surface area contributed by atoms with Gasteiger partial charge < -0.3 is 5.32 Å². The molecule has 0 heterocycles. The number of nitrogens with one attached hydrogen (secondary N) is 1. The zero-order chi connectivity index (χ0) is 8.39. The third-order valence-electron chi connectivity index (χ3n) is 3.67. The fourth-order valence-corrected chi connectivity index (χ4v) is 2.79. The van der Waals surface area contributed by atoms with E-state index in [0.29, 0.717) is 0 Å². The lowest BCUT2D eigenvalue weighted by molar-refractivity contribution is 0.373. The highest BCUT2D eigenvalue weighted by atomic mass is 15.0. The standard InChI is InChI=1S/C11H21N/c1-9-5-4-8-11(9)12-10-6-2-3-7-10/h9-12H,2-8H2,1H3/t9-,11+/m1/s1. The van der Waals surface area contributed by atoms with Crippen molar-refractivity contribution in [1.29, 1.82) is 0 Å². The molecule has 0 bridgehead atoms. The molecule has 2 aliphatic carbocycles. The minimum atomic E-state index is 0.855. The number of hydrogen-bond donors (Lipinski definition) is 1. The molecular formula is C11H21N. The summed E-state index contributed by atoms with van der Waals surface area (Å²) in [5.41, 5.74) is 0. The van der Waals surface area contributed by atoms with Gasteiger partial charge in [0, 0.05) is 12.1 Å². The lowest BCUT2D eigenvalue weighted by atomic mass is 10.1. The third kappa shape index (κ3) is 1.82. The minimum absolute atomic E-state index is 0.855. The van der Waals surface area contributed by atoms with Crippen LogP contribution < -0.4 is 5.32 Å². The maximum Gasteiger partial charge on any atom is 0.00952 e. The van der Waals surface area contributed by atoms with Crippen LogP contribution in [0.5, 0.6) is 0 Å². The fraction of sp³-hybridized carbons (Fsp3) is 1.00. The molecule has 0 spiro atoms. The highest BCUT2D eigenvalue weighted by Gasteiger charge is 2.26. The molecule has 0 aromatic heterocycles. The highest BCUT2D eigenvalue weighted by Crippen LogP contribution is 2.27. The predicted molar refractivity (Wildman–Crippen MR) is 52.2 cm³/mol. The Morgan fingerprint density at radius 2 is 1.67 bits per heavy atom. The second-order valence-corrected chi connectivity index (χ2v) is 4.66. The summed E-state index contributed by atoms with van der Waals surface area (Å²) in [5.74, 6) is 0.936. The second kappa shape index (κ2) is 3.78. The SMILES string of the molecule is C[C@@H]1CCC[C@@H]1NC1CCCC1. The van der Waals surface area contributed by atoms with Gasteiger partial charge in [0.2, 0.25) is 0 Å². The molecule has 1 nitrogen and oxygen atoms in total. The quantitative estimate of drug-likeness (QED) is 0.667. The van der Waals surface area contributed by atoms with Gasteiger partial charge in [-0.15, -0.1) is 0 Å². The van der Waals surface area contributed by atoms with E-state index in [2.05, 4.69) is 12.2 Å². The summed E-state index contributed by atoms with van der Waals surface area (Å²) in [6.45, 7) is 2.40. The molecule has 0 aromatic carbocycles. The van der Waals surface area contributed by atoms with Crippen LogP contribution in [0.1, 0.15) is 51.9 Å². The molecular weight excluding hydrogens is 146 g/mol. The van der Waals surface area contributed by atoms with E-state index < -0.39 is 0 Å². The van der Waals surface area contributed by atoms with Crippen molar-refractivity contribution < 1.29 is 0 Å². The van der Waals surface area contributed by atoms with Crippen molar-refractivity contribution in [3.05, 3.63) is 0 Å². The van der Waals surface area contributed by atoms with Gasteiger partial charge in [-0.1, -0.05) is 26.2 Å². The van der Waals surface area contributed by atoms with Crippen molar-refractivity contribution in [2.45, 2.75) is 64.0 Å². The van der Waals surface area contributed by atoms with Gasteiger partial charge in [-0.25, -0.2) is 0 Å². The first-order valence-corrected chi connectivity index (χ1v) is 5.62. The van der Waals surface area contributed by atoms with Gasteiger partial charge >= 0.3 is 0 Å². The maximum atomic E-state index is 3.83. The normalized spacial score (nSPS) is 37.8. The third-order valence-corrected chi connectivity index (χ3v) is 3.67. The molecule has 70 valence electrons. The first-order valence-electron chi connectivity index (χ1n) is 5.62. The summed E-state index contributed by atoms with van der Waals surface area (Å²) < 4.78 is 0. The van der Waals surface area contributed by atoms with Gasteiger partial charge in [-0.05, 0) is 31.6 Å². The van der Waals surface area contributed by atoms with Crippen molar-refractivity contribution in [2.75, 3.05) is 0 Å². The lowest BCUT2D eigenvalue weighted by Gasteiger charge is -2.22. The number of hydrogen-bond acceptors (Lipinski definition) is 1. The van der Waals surface area contributed by atoms with Crippen LogP contribution in [0.25, 0.3) is 0 Å². The molecule has 0 amide bonds. The molecule has 1 N–H and O–H groups in total. The lowest BCUT2D eigenvalue weighted by Crippen LogP contribution is -2.38. The fourth-order valence-electron chi connectivity index (χ4n) is 2.79. The Morgan fingerprint density at radius 3 is 2.25 bits per heavy atom. The van der Waals surface area contributed by atoms with Gasteiger partial charge in [0.15, 0.2) is 0 Å². The van der Waals surface area contributed by atoms with Gasteiger partial charge in [0.25, 0.3) is 0 Å². The van der Waals surface area contributed by atoms with E-state index in [9.17, 15) is 0 Å². The maximum absolute atomic E-state index is 3.83. The monoisotopic (exact) mass is 167 g/mol. The van der Waals surface area contributed by atoms with E-state index in [-0.39, 0.29) is 0 Å². The molecule has 2 aliphatic rings. The van der Waals surface area contributed by atoms with Crippen molar-refractivity contribution in [3.8, 4) is 0 Å². The predicted octanol–water partition coefficient (Wildman–Crippen LogP) is 2.71. The Kier molecular flexibility index (Phi) is 2.69. The van der Waals surface area contributed by atoms with Crippen LogP contribution in [-0.4, -0.2) is 12.1 Å². The Labute approximate surface area is 75.9 Å². The largest absolute Gasteiger partial charge is 0.311 e. The molecule has 2 atom stereocenters. The van der Waals surface area contributed by atoms with Crippen LogP contribution in [0.15, 0.2) is 0 Å². The van der Waals surface area contributed by atoms with Crippen molar-refractivity contribution >= 4 is 0 Å². The summed E-state index contributed by atoms with van der Waals surface area (Å²) in [4.78, 5) is 0. The molecule has 0 aromatic rings. The Bertz CT molecular complexity index is 138. The van der Waals surface area contributed by atoms with E-state index in [1.54, 1.807) is 0 Å². The van der Waals surface area contributed by atoms with Crippen LogP contribution in [-0.2, 0) is 0 Å². The Morgan fingerprint density at radius 1 is 0.917 bits per heavy atom. The van der Waals surface area contributed by atoms with Crippen LogP contribution in [0.3, 0.4) is 0 Å². The summed E-state index contributed by atoms with van der Waals surface area (Å²) >= 11 is 0. The van der Waals surface area contributed by atoms with Crippen molar-refractivity contribution in [2.24, 2.45) is 5.92 Å². The zero-order valence-corrected chi connectivity index (χ0v) is 8.18. The van der Waals surface area contributed by atoms with E-state index in [1.807, 2.05) is 0 Å². The van der Waals surface area contributed by atoms with Gasteiger partial charge in [0.1, 0.15) is 0 Å². The average molecular weight is 167 g/mol. The van der Waals surface area contributed by atoms with E-state index in [4.69, 9.17) is 0 Å². The van der Waals surface area contributed by atoms with E-state index >= 15 is 0 Å². The summed E-state index contributed by atoms with van der Waals surface area (Å²) in [6.07, 6.45) is 10.1. The topological polar surface area (TPSA) is 12.0 Å². The van der Waals surface area contributed by atoms with E-state index in [1.165, 1.54) is 44.9 Å². The molecule has 2 fully saturated rings. The molecule has 2 saturated carbocycles. The van der Waals surface area contributed by atoms with Gasteiger partial charge in [-0.2, -0.15) is 0 Å². The van der Waals surface area contributed by atoms with E-state index in [0.717, 1.165) is 18.0 Å². The minimum Gasteiger partial charge on any atom is -0.311 e. The first kappa shape index (κ1) is 8.55. The van der Waals surface area contributed by atoms with Gasteiger partial charge in [0.05, 0.1) is 0 Å². The molecule has 12 heavy (non-hydrogen) atoms. The summed E-state index contributed by atoms with van der Waals surface area (Å²) in [7, 11) is 0. The molecule has 0 radical (unpaired) electrons. The molecule has 0 saturated heterocycles. The highest BCUT2D eigenvalue weighted by molar-refractivity contribution is 4.85. The molecule has 0 unspecified atom stereocenters. The first-order chi connectivity index (χ1) is 5.86. The van der Waals surface area contributed by atoms with Crippen molar-refractivity contribution in [1.82, 2.24) is 5.32 Å². The van der Waals surface area contributed by atoms with Crippen LogP contribution in [0.2, 0.25) is 0 Å². The van der Waals surface area contributed by atoms with Crippen molar-refractivity contribution in [3.63, 3.8) is 0 Å². The van der Waals surface area contributed by atoms with Crippen LogP contribution in [0, 0.1) is 5.92 Å². The number of rotatable bonds is 2. The Balaban J connectivity index is 1.77. The Hall–Kier alpha value is -0.0400. The molecule has 0 aliphatic heterocycles. The average Bonchev–Trinajstić information content (AvgIpc) is 2.65. The van der Waals surface area contributed by atoms with Gasteiger partial charge in [-0.3, -0.25) is 0 Å². The molecule has 1 heteroatoms. The summed E-state index contributed by atoms with van der Waals surface area (Å²) in [6, 6.07) is 1.73. The molecule has 2 rings (SSSR count). The van der Waals surface area contributed by atoms with Crippen LogP contribution >= 0.6 is 0 Å². The smallest absolute Gasteiger partial charge is 0.00952 e. The second-order valence-electron chi connectivity index (χ2n) is 4.66.